The Bertz CT molecular complexity index is 215. The molecule has 0 aromatic carbocycles. The Balaban J connectivity index is 2.73. The number of hydrogen-bond donors (Lipinski definition) is 0. The van der Waals surface area contributed by atoms with E-state index in [-0.39, 0.29) is 11.1 Å². The summed E-state index contributed by atoms with van der Waals surface area (Å²) in [5, 5.41) is 0. The normalized spacial score (nSPS) is 26.5. The lowest BCUT2D eigenvalue weighted by Crippen LogP contribution is -2.62. The molecule has 1 aliphatic heterocycles. The van der Waals surface area contributed by atoms with Crippen LogP contribution in [-0.4, -0.2) is 40.8 Å². The number of rotatable bonds is 0. The molecular weight excluding hydrogens is 183 g/mol. The first kappa shape index (κ1) is 13.1. The second-order valence-electron chi connectivity index (χ2n) is 6.70. The van der Waals surface area contributed by atoms with Gasteiger partial charge < -0.3 is 9.62 Å². The molecule has 0 bridgehead atoms. The van der Waals surface area contributed by atoms with Gasteiger partial charge in [-0.05, 0) is 60.5 Å². The maximum Gasteiger partial charge on any atom is 0.314 e. The molecule has 0 aliphatic carbocycles. The summed E-state index contributed by atoms with van der Waals surface area (Å²) in [7, 11) is 2.33. The van der Waals surface area contributed by atoms with Gasteiger partial charge in [-0.1, -0.05) is 6.92 Å². The Morgan fingerprint density at radius 1 is 1.00 bits per heavy atom. The van der Waals surface area contributed by atoms with Gasteiger partial charge in [-0.2, -0.15) is 0 Å². The monoisotopic (exact) mass is 209 g/mol. The fraction of sp³-hybridized carbons (Fsp3) is 1.00. The van der Waals surface area contributed by atoms with Crippen molar-refractivity contribution < 1.29 is 0 Å². The van der Waals surface area contributed by atoms with Gasteiger partial charge in [0.1, 0.15) is 0 Å². The summed E-state index contributed by atoms with van der Waals surface area (Å²) in [6.07, 6.45) is 1.26. The van der Waals surface area contributed by atoms with Gasteiger partial charge in [0.05, 0.1) is 0 Å². The Morgan fingerprint density at radius 2 is 1.53 bits per heavy atom. The fourth-order valence-electron chi connectivity index (χ4n) is 2.13. The van der Waals surface area contributed by atoms with Crippen molar-refractivity contribution in [1.82, 2.24) is 9.62 Å². The first-order valence-electron chi connectivity index (χ1n) is 6.02. The molecule has 3 heteroatoms. The van der Waals surface area contributed by atoms with Crippen LogP contribution in [0.4, 0.5) is 0 Å². The molecule has 1 fully saturated rings. The standard InChI is InChI=1S/C12H26BN2/c1-10-8-9-14(11(2,3)4)13-15(10)12(5,6)7/h10H,8-9H2,1-7H3. The van der Waals surface area contributed by atoms with Crippen molar-refractivity contribution in [2.75, 3.05) is 6.54 Å². The highest BCUT2D eigenvalue weighted by molar-refractivity contribution is 6.29. The smallest absolute Gasteiger partial charge is 0.314 e. The Kier molecular flexibility index (Phi) is 3.57. The Hall–Kier alpha value is -0.0151. The quantitative estimate of drug-likeness (QED) is 0.565. The highest BCUT2D eigenvalue weighted by atomic mass is 15.3. The summed E-state index contributed by atoms with van der Waals surface area (Å²) in [4.78, 5) is 4.94. The lowest BCUT2D eigenvalue weighted by Gasteiger charge is -2.50. The van der Waals surface area contributed by atoms with E-state index in [2.05, 4.69) is 65.6 Å². The lowest BCUT2D eigenvalue weighted by molar-refractivity contribution is 0.112. The zero-order chi connectivity index (χ0) is 11.9. The molecular formula is C12H26BN2. The molecule has 87 valence electrons. The Morgan fingerprint density at radius 3 is 1.93 bits per heavy atom. The first-order valence-corrected chi connectivity index (χ1v) is 6.02. The summed E-state index contributed by atoms with van der Waals surface area (Å²) in [6, 6.07) is 0.656. The average molecular weight is 209 g/mol. The zero-order valence-corrected chi connectivity index (χ0v) is 11.5. The van der Waals surface area contributed by atoms with E-state index in [0.717, 1.165) is 0 Å². The summed E-state index contributed by atoms with van der Waals surface area (Å²) in [5.74, 6) is 0. The molecule has 15 heavy (non-hydrogen) atoms. The molecule has 1 rings (SSSR count). The van der Waals surface area contributed by atoms with Gasteiger partial charge in [0.25, 0.3) is 0 Å². The average Bonchev–Trinajstić information content (AvgIpc) is 2.00. The van der Waals surface area contributed by atoms with Crippen molar-refractivity contribution in [2.24, 2.45) is 0 Å². The minimum absolute atomic E-state index is 0.226. The third kappa shape index (κ3) is 3.22. The molecule has 1 aliphatic rings. The predicted octanol–water partition coefficient (Wildman–Crippen LogP) is 2.51. The van der Waals surface area contributed by atoms with Crippen LogP contribution in [0.1, 0.15) is 54.9 Å². The van der Waals surface area contributed by atoms with Gasteiger partial charge in [0.2, 0.25) is 0 Å². The highest BCUT2D eigenvalue weighted by Gasteiger charge is 2.36. The molecule has 0 spiro atoms. The summed E-state index contributed by atoms with van der Waals surface area (Å²) in [5.41, 5.74) is 0.465. The van der Waals surface area contributed by atoms with Crippen LogP contribution in [0.3, 0.4) is 0 Å². The number of nitrogens with zero attached hydrogens (tertiary/aromatic N) is 2. The summed E-state index contributed by atoms with van der Waals surface area (Å²) in [6.45, 7) is 17.2. The van der Waals surface area contributed by atoms with Crippen LogP contribution in [0, 0.1) is 0 Å². The maximum absolute atomic E-state index is 2.49. The second kappa shape index (κ2) is 4.10. The summed E-state index contributed by atoms with van der Waals surface area (Å²) < 4.78 is 0. The number of hydrogen-bond acceptors (Lipinski definition) is 2. The minimum Gasteiger partial charge on any atom is -0.327 e. The molecule has 0 saturated carbocycles. The van der Waals surface area contributed by atoms with Gasteiger partial charge in [0, 0.05) is 11.1 Å². The van der Waals surface area contributed by atoms with Gasteiger partial charge in [-0.15, -0.1) is 0 Å². The van der Waals surface area contributed by atoms with Crippen LogP contribution in [0.5, 0.6) is 0 Å². The predicted molar refractivity (Wildman–Crippen MR) is 67.9 cm³/mol. The topological polar surface area (TPSA) is 6.48 Å². The molecule has 0 amide bonds. The summed E-state index contributed by atoms with van der Waals surface area (Å²) >= 11 is 0. The van der Waals surface area contributed by atoms with Crippen molar-refractivity contribution in [3.63, 3.8) is 0 Å². The van der Waals surface area contributed by atoms with Crippen molar-refractivity contribution in [1.29, 1.82) is 0 Å². The van der Waals surface area contributed by atoms with Crippen LogP contribution in [0.25, 0.3) is 0 Å². The fourth-order valence-corrected chi connectivity index (χ4v) is 2.13. The molecule has 1 saturated heterocycles. The van der Waals surface area contributed by atoms with Crippen molar-refractivity contribution in [2.45, 2.75) is 72.0 Å². The molecule has 1 heterocycles. The van der Waals surface area contributed by atoms with E-state index in [4.69, 9.17) is 0 Å². The molecule has 1 unspecified atom stereocenters. The molecule has 1 atom stereocenters. The van der Waals surface area contributed by atoms with Gasteiger partial charge >= 0.3 is 7.55 Å². The van der Waals surface area contributed by atoms with Crippen LogP contribution < -0.4 is 0 Å². The zero-order valence-electron chi connectivity index (χ0n) is 11.5. The van der Waals surface area contributed by atoms with Crippen LogP contribution in [0.2, 0.25) is 0 Å². The van der Waals surface area contributed by atoms with E-state index in [1.165, 1.54) is 13.0 Å². The third-order valence-corrected chi connectivity index (χ3v) is 3.16. The van der Waals surface area contributed by atoms with Gasteiger partial charge in [-0.25, -0.2) is 0 Å². The largest absolute Gasteiger partial charge is 0.327 e. The SMILES string of the molecule is CC1CCN(C(C)(C)C)[B]N1C(C)(C)C. The van der Waals surface area contributed by atoms with Crippen molar-refractivity contribution >= 4 is 7.55 Å². The first-order chi connectivity index (χ1) is 6.62. The molecule has 2 nitrogen and oxygen atoms in total. The van der Waals surface area contributed by atoms with E-state index in [9.17, 15) is 0 Å². The molecule has 1 radical (unpaired) electrons. The maximum atomic E-state index is 2.49. The highest BCUT2D eigenvalue weighted by Crippen LogP contribution is 2.25. The van der Waals surface area contributed by atoms with E-state index < -0.39 is 0 Å². The van der Waals surface area contributed by atoms with E-state index in [1.807, 2.05) is 0 Å². The van der Waals surface area contributed by atoms with Crippen molar-refractivity contribution in [3.8, 4) is 0 Å². The molecule has 0 aromatic heterocycles. The lowest BCUT2D eigenvalue weighted by atomic mass is 9.82. The van der Waals surface area contributed by atoms with Crippen LogP contribution in [-0.2, 0) is 0 Å². The Labute approximate surface area is 96.3 Å². The third-order valence-electron chi connectivity index (χ3n) is 3.16. The van der Waals surface area contributed by atoms with Gasteiger partial charge in [0.15, 0.2) is 0 Å². The van der Waals surface area contributed by atoms with E-state index in [0.29, 0.717) is 6.04 Å². The van der Waals surface area contributed by atoms with Crippen LogP contribution >= 0.6 is 0 Å². The molecule has 0 N–H and O–H groups in total. The van der Waals surface area contributed by atoms with Gasteiger partial charge in [-0.3, -0.25) is 0 Å². The minimum atomic E-state index is 0.226. The van der Waals surface area contributed by atoms with Crippen LogP contribution in [0.15, 0.2) is 0 Å². The molecule has 0 aromatic rings. The van der Waals surface area contributed by atoms with E-state index >= 15 is 0 Å². The van der Waals surface area contributed by atoms with Crippen molar-refractivity contribution in [3.05, 3.63) is 0 Å². The second-order valence-corrected chi connectivity index (χ2v) is 6.70. The van der Waals surface area contributed by atoms with E-state index in [1.54, 1.807) is 0 Å².